The van der Waals surface area contributed by atoms with Gasteiger partial charge in [-0.05, 0) is 42.8 Å². The number of fused-ring (bicyclic) bond motifs is 1. The largest absolute Gasteiger partial charge is 0.507 e. The number of aromatic nitrogens is 1. The molecule has 2 aromatic carbocycles. The number of aryl methyl sites for hydroxylation is 1. The van der Waals surface area contributed by atoms with Crippen LogP contribution in [0.2, 0.25) is 5.02 Å². The number of amides is 1. The molecular formula is C23H25ClF3N3O7S. The van der Waals surface area contributed by atoms with Gasteiger partial charge in [-0.2, -0.15) is 13.2 Å². The Balaban J connectivity index is 1.92. The molecule has 10 nitrogen and oxygen atoms in total. The van der Waals surface area contributed by atoms with Crippen molar-refractivity contribution in [3.63, 3.8) is 0 Å². The van der Waals surface area contributed by atoms with Crippen molar-refractivity contribution < 1.29 is 48.6 Å². The summed E-state index contributed by atoms with van der Waals surface area (Å²) >= 11 is 6.83. The number of aromatic hydroxyl groups is 1. The second-order valence-corrected chi connectivity index (χ2v) is 9.88. The van der Waals surface area contributed by atoms with E-state index < -0.39 is 61.9 Å². The van der Waals surface area contributed by atoms with Crippen LogP contribution in [0, 0.1) is 6.92 Å². The number of halogens is 4. The van der Waals surface area contributed by atoms with Gasteiger partial charge in [-0.25, -0.2) is 4.98 Å². The molecule has 38 heavy (non-hydrogen) atoms. The van der Waals surface area contributed by atoms with Gasteiger partial charge in [0.2, 0.25) is 0 Å². The quantitative estimate of drug-likeness (QED) is 0.177. The molecule has 7 N–H and O–H groups in total. The predicted octanol–water partition coefficient (Wildman–Crippen LogP) is 1.61. The summed E-state index contributed by atoms with van der Waals surface area (Å²) < 4.78 is 39.6. The number of hydrogen-bond acceptors (Lipinski definition) is 10. The van der Waals surface area contributed by atoms with Crippen LogP contribution >= 0.6 is 22.9 Å². The molecule has 1 heterocycles. The lowest BCUT2D eigenvalue weighted by molar-refractivity contribution is -0.137. The van der Waals surface area contributed by atoms with E-state index in [1.54, 1.807) is 0 Å². The molecule has 0 radical (unpaired) electrons. The molecule has 0 saturated carbocycles. The molecular weight excluding hydrogens is 555 g/mol. The second kappa shape index (κ2) is 12.1. The first-order valence-electron chi connectivity index (χ1n) is 11.1. The van der Waals surface area contributed by atoms with Gasteiger partial charge in [0.1, 0.15) is 24.1 Å². The van der Waals surface area contributed by atoms with Crippen LogP contribution in [0.4, 0.5) is 18.3 Å². The standard InChI is InChI=1S/C23H25ClF3N3O7S/c1-10-4-12(24)6-13(18(10)34)21(37)30(9-28-7-15(32)19(35)20(36)16(33)8-31)22-29-14-3-2-11(23(25,26)27)5-17(14)38-22/h2-6,15-16,19-20,28,31-36H,7-9H2,1H3/t15-,16+,19+,20+/m0/s1. The number of hydrogen-bond donors (Lipinski definition) is 7. The van der Waals surface area contributed by atoms with Gasteiger partial charge in [-0.15, -0.1) is 0 Å². The Labute approximate surface area is 223 Å². The smallest absolute Gasteiger partial charge is 0.416 e. The van der Waals surface area contributed by atoms with E-state index in [9.17, 15) is 43.5 Å². The number of anilines is 1. The Morgan fingerprint density at radius 3 is 2.42 bits per heavy atom. The highest BCUT2D eigenvalue weighted by molar-refractivity contribution is 7.22. The van der Waals surface area contributed by atoms with Crippen LogP contribution < -0.4 is 10.2 Å². The minimum Gasteiger partial charge on any atom is -0.507 e. The van der Waals surface area contributed by atoms with Crippen molar-refractivity contribution in [2.45, 2.75) is 37.5 Å². The van der Waals surface area contributed by atoms with Crippen molar-refractivity contribution in [1.82, 2.24) is 10.3 Å². The van der Waals surface area contributed by atoms with Crippen molar-refractivity contribution >= 4 is 44.2 Å². The third-order valence-corrected chi connectivity index (χ3v) is 6.88. The molecule has 15 heteroatoms. The summed E-state index contributed by atoms with van der Waals surface area (Å²) in [7, 11) is 0. The van der Waals surface area contributed by atoms with E-state index in [1.807, 2.05) is 0 Å². The zero-order chi connectivity index (χ0) is 28.4. The number of rotatable bonds is 10. The van der Waals surface area contributed by atoms with Gasteiger partial charge in [0.15, 0.2) is 5.13 Å². The molecule has 3 rings (SSSR count). The number of phenolic OH excluding ortho intramolecular Hbond substituents is 1. The topological polar surface area (TPSA) is 167 Å². The van der Waals surface area contributed by atoms with Gasteiger partial charge in [0.25, 0.3) is 5.91 Å². The number of phenols is 1. The van der Waals surface area contributed by atoms with Gasteiger partial charge >= 0.3 is 6.18 Å². The molecule has 0 aliphatic rings. The zero-order valence-electron chi connectivity index (χ0n) is 19.7. The summed E-state index contributed by atoms with van der Waals surface area (Å²) in [6, 6.07) is 5.53. The lowest BCUT2D eigenvalue weighted by Gasteiger charge is -2.27. The first kappa shape index (κ1) is 30.0. The fraction of sp³-hybridized carbons (Fsp3) is 0.391. The molecule has 4 atom stereocenters. The maximum atomic E-state index is 13.5. The van der Waals surface area contributed by atoms with E-state index in [4.69, 9.17) is 16.7 Å². The van der Waals surface area contributed by atoms with Gasteiger partial charge < -0.3 is 30.6 Å². The lowest BCUT2D eigenvalue weighted by atomic mass is 10.0. The monoisotopic (exact) mass is 579 g/mol. The van der Waals surface area contributed by atoms with Crippen molar-refractivity contribution in [1.29, 1.82) is 0 Å². The van der Waals surface area contributed by atoms with E-state index in [1.165, 1.54) is 19.1 Å². The molecule has 1 aromatic heterocycles. The number of carbonyl (C=O) groups excluding carboxylic acids is 1. The Morgan fingerprint density at radius 1 is 1.13 bits per heavy atom. The molecule has 0 aliphatic heterocycles. The number of nitrogens with one attached hydrogen (secondary N) is 1. The van der Waals surface area contributed by atoms with Crippen LogP contribution in [0.5, 0.6) is 5.75 Å². The zero-order valence-corrected chi connectivity index (χ0v) is 21.3. The van der Waals surface area contributed by atoms with Crippen LogP contribution in [0.15, 0.2) is 30.3 Å². The molecule has 3 aromatic rings. The van der Waals surface area contributed by atoms with E-state index >= 15 is 0 Å². The summed E-state index contributed by atoms with van der Waals surface area (Å²) in [6.45, 7) is -0.181. The maximum Gasteiger partial charge on any atom is 0.416 e. The highest BCUT2D eigenvalue weighted by Gasteiger charge is 2.32. The average Bonchev–Trinajstić information content (AvgIpc) is 3.29. The van der Waals surface area contributed by atoms with Crippen molar-refractivity contribution in [2.24, 2.45) is 0 Å². The SMILES string of the molecule is Cc1cc(Cl)cc(C(=O)N(CNC[C@H](O)[C@@H](O)[C@H](O)[C@H](O)CO)c2nc3ccc(C(F)(F)F)cc3s2)c1O. The van der Waals surface area contributed by atoms with Crippen LogP contribution in [0.1, 0.15) is 21.5 Å². The van der Waals surface area contributed by atoms with E-state index in [2.05, 4.69) is 10.3 Å². The Kier molecular flexibility index (Phi) is 9.54. The van der Waals surface area contributed by atoms with Crippen LogP contribution in [-0.2, 0) is 6.18 Å². The van der Waals surface area contributed by atoms with Crippen LogP contribution in [0.25, 0.3) is 10.2 Å². The summed E-state index contributed by atoms with van der Waals surface area (Å²) in [5, 5.41) is 61.5. The highest BCUT2D eigenvalue weighted by Crippen LogP contribution is 2.36. The predicted molar refractivity (Wildman–Crippen MR) is 133 cm³/mol. The number of carbonyl (C=O) groups is 1. The van der Waals surface area contributed by atoms with E-state index in [0.29, 0.717) is 5.56 Å². The molecule has 0 spiro atoms. The average molecular weight is 580 g/mol. The molecule has 0 fully saturated rings. The fourth-order valence-electron chi connectivity index (χ4n) is 3.48. The molecule has 1 amide bonds. The highest BCUT2D eigenvalue weighted by atomic mass is 35.5. The van der Waals surface area contributed by atoms with Crippen molar-refractivity contribution in [3.8, 4) is 5.75 Å². The van der Waals surface area contributed by atoms with E-state index in [-0.39, 0.29) is 31.7 Å². The minimum atomic E-state index is -4.59. The fourth-order valence-corrected chi connectivity index (χ4v) is 4.76. The minimum absolute atomic E-state index is 0.0420. The van der Waals surface area contributed by atoms with Crippen LogP contribution in [0.3, 0.4) is 0 Å². The van der Waals surface area contributed by atoms with Crippen LogP contribution in [-0.4, -0.2) is 85.8 Å². The first-order valence-corrected chi connectivity index (χ1v) is 12.3. The Morgan fingerprint density at radius 2 is 1.79 bits per heavy atom. The number of nitrogens with zero attached hydrogens (tertiary/aromatic N) is 2. The van der Waals surface area contributed by atoms with Crippen molar-refractivity contribution in [3.05, 3.63) is 52.0 Å². The number of alkyl halides is 3. The van der Waals surface area contributed by atoms with Gasteiger partial charge in [0.05, 0.1) is 40.7 Å². The summed E-state index contributed by atoms with van der Waals surface area (Å²) in [5.41, 5.74) is -0.643. The molecule has 0 aliphatic carbocycles. The summed E-state index contributed by atoms with van der Waals surface area (Å²) in [4.78, 5) is 18.7. The molecule has 208 valence electrons. The second-order valence-electron chi connectivity index (χ2n) is 8.44. The Bertz CT molecular complexity index is 1290. The third-order valence-electron chi connectivity index (χ3n) is 5.63. The van der Waals surface area contributed by atoms with Crippen molar-refractivity contribution in [2.75, 3.05) is 24.7 Å². The summed E-state index contributed by atoms with van der Waals surface area (Å²) in [5.74, 6) is -1.19. The lowest BCUT2D eigenvalue weighted by Crippen LogP contribution is -2.50. The van der Waals surface area contributed by atoms with E-state index in [0.717, 1.165) is 34.4 Å². The Hall–Kier alpha value is -2.56. The number of aliphatic hydroxyl groups is 5. The summed E-state index contributed by atoms with van der Waals surface area (Å²) in [6.07, 6.45) is -11.7. The maximum absolute atomic E-state index is 13.5. The van der Waals surface area contributed by atoms with Gasteiger partial charge in [-0.3, -0.25) is 15.0 Å². The first-order chi connectivity index (χ1) is 17.7. The third kappa shape index (κ3) is 6.71. The number of aliphatic hydroxyl groups excluding tert-OH is 5. The number of benzene rings is 2. The van der Waals surface area contributed by atoms with Gasteiger partial charge in [-0.1, -0.05) is 22.9 Å². The number of thiazole rings is 1. The van der Waals surface area contributed by atoms with Gasteiger partial charge in [0, 0.05) is 11.6 Å². The normalized spacial score (nSPS) is 15.3. The molecule has 0 saturated heterocycles. The molecule has 0 unspecified atom stereocenters. The molecule has 0 bridgehead atoms.